The lowest BCUT2D eigenvalue weighted by Crippen LogP contribution is -2.14. The van der Waals surface area contributed by atoms with Gasteiger partial charge < -0.3 is 20.1 Å². The van der Waals surface area contributed by atoms with E-state index in [1.165, 1.54) is 26.4 Å². The van der Waals surface area contributed by atoms with Crippen molar-refractivity contribution in [2.75, 3.05) is 24.9 Å². The van der Waals surface area contributed by atoms with E-state index >= 15 is 0 Å². The first-order valence-corrected chi connectivity index (χ1v) is 9.47. The molecule has 2 amide bonds. The summed E-state index contributed by atoms with van der Waals surface area (Å²) in [5.74, 6) is 0.132. The molecule has 6 nitrogen and oxygen atoms in total. The van der Waals surface area contributed by atoms with Crippen molar-refractivity contribution in [3.63, 3.8) is 0 Å². The highest BCUT2D eigenvalue weighted by atomic mass is 35.5. The third-order valence-corrected chi connectivity index (χ3v) is 4.45. The number of unbranched alkanes of at least 4 members (excludes halogenated alkanes) is 1. The summed E-state index contributed by atoms with van der Waals surface area (Å²) < 4.78 is 10.5. The average Bonchev–Trinajstić information content (AvgIpc) is 2.66. The van der Waals surface area contributed by atoms with Gasteiger partial charge >= 0.3 is 0 Å². The van der Waals surface area contributed by atoms with Gasteiger partial charge in [0.15, 0.2) is 0 Å². The summed E-state index contributed by atoms with van der Waals surface area (Å²) in [6.07, 6.45) is 2.19. The molecule has 2 aromatic rings. The van der Waals surface area contributed by atoms with Crippen molar-refractivity contribution in [3.8, 4) is 11.5 Å². The Balaban J connectivity index is 2.21. The fraction of sp³-hybridized carbons (Fsp3) is 0.300. The maximum atomic E-state index is 12.7. The molecule has 0 bridgehead atoms. The van der Waals surface area contributed by atoms with Crippen LogP contribution in [0.3, 0.4) is 0 Å². The van der Waals surface area contributed by atoms with Crippen LogP contribution in [0.25, 0.3) is 0 Å². The van der Waals surface area contributed by atoms with Crippen LogP contribution >= 0.6 is 23.2 Å². The van der Waals surface area contributed by atoms with Crippen molar-refractivity contribution in [3.05, 3.63) is 45.9 Å². The number of carbonyl (C=O) groups excluding carboxylic acids is 2. The van der Waals surface area contributed by atoms with Gasteiger partial charge in [0.05, 0.1) is 30.5 Å². The number of benzene rings is 2. The number of halogens is 2. The zero-order valence-corrected chi connectivity index (χ0v) is 17.4. The number of rotatable bonds is 8. The summed E-state index contributed by atoms with van der Waals surface area (Å²) >= 11 is 12.1. The van der Waals surface area contributed by atoms with Crippen molar-refractivity contribution in [1.29, 1.82) is 0 Å². The molecule has 8 heteroatoms. The van der Waals surface area contributed by atoms with Gasteiger partial charge in [-0.15, -0.1) is 0 Å². The van der Waals surface area contributed by atoms with E-state index in [4.69, 9.17) is 32.7 Å². The summed E-state index contributed by atoms with van der Waals surface area (Å²) in [6.45, 7) is 2.02. The van der Waals surface area contributed by atoms with Crippen molar-refractivity contribution in [1.82, 2.24) is 0 Å². The van der Waals surface area contributed by atoms with Crippen LogP contribution in [0.15, 0.2) is 30.3 Å². The molecule has 28 heavy (non-hydrogen) atoms. The Bertz CT molecular complexity index is 872. The van der Waals surface area contributed by atoms with E-state index in [1.54, 1.807) is 18.2 Å². The monoisotopic (exact) mass is 424 g/mol. The molecule has 0 radical (unpaired) electrons. The summed E-state index contributed by atoms with van der Waals surface area (Å²) in [4.78, 5) is 24.6. The van der Waals surface area contributed by atoms with Gasteiger partial charge in [-0.05, 0) is 30.7 Å². The standard InChI is InChI=1S/C20H22Cl2N2O4/c1-4-5-6-18(25)24-16-8-7-13(11-17(16)27-2)23-20(26)14-9-12(21)10-15(22)19(14)28-3/h7-11H,4-6H2,1-3H3,(H,23,26)(H,24,25). The molecule has 0 aromatic heterocycles. The van der Waals surface area contributed by atoms with Gasteiger partial charge in [-0.2, -0.15) is 0 Å². The van der Waals surface area contributed by atoms with Crippen LogP contribution in [-0.4, -0.2) is 26.0 Å². The van der Waals surface area contributed by atoms with Gasteiger partial charge in [-0.3, -0.25) is 9.59 Å². The highest BCUT2D eigenvalue weighted by molar-refractivity contribution is 6.36. The quantitative estimate of drug-likeness (QED) is 0.595. The SMILES string of the molecule is CCCCC(=O)Nc1ccc(NC(=O)c2cc(Cl)cc(Cl)c2OC)cc1OC. The van der Waals surface area contributed by atoms with Crippen LogP contribution in [-0.2, 0) is 4.79 Å². The molecule has 150 valence electrons. The highest BCUT2D eigenvalue weighted by Gasteiger charge is 2.18. The zero-order valence-electron chi connectivity index (χ0n) is 15.9. The van der Waals surface area contributed by atoms with Crippen LogP contribution in [0, 0.1) is 0 Å². The molecule has 0 aliphatic rings. The Labute approximate surface area is 174 Å². The number of hydrogen-bond acceptors (Lipinski definition) is 4. The van der Waals surface area contributed by atoms with E-state index in [2.05, 4.69) is 10.6 Å². The smallest absolute Gasteiger partial charge is 0.259 e. The molecule has 0 aliphatic heterocycles. The molecular weight excluding hydrogens is 403 g/mol. The molecule has 0 heterocycles. The normalized spacial score (nSPS) is 10.3. The van der Waals surface area contributed by atoms with Crippen LogP contribution < -0.4 is 20.1 Å². The average molecular weight is 425 g/mol. The first-order chi connectivity index (χ1) is 13.4. The number of amides is 2. The predicted molar refractivity (Wildman–Crippen MR) is 112 cm³/mol. The Hall–Kier alpha value is -2.44. The predicted octanol–water partition coefficient (Wildman–Crippen LogP) is 5.39. The van der Waals surface area contributed by atoms with Crippen LogP contribution in [0.1, 0.15) is 36.5 Å². The number of nitrogens with one attached hydrogen (secondary N) is 2. The minimum absolute atomic E-state index is 0.0877. The fourth-order valence-electron chi connectivity index (χ4n) is 2.56. The van der Waals surface area contributed by atoms with E-state index in [1.807, 2.05) is 6.92 Å². The molecular formula is C20H22Cl2N2O4. The van der Waals surface area contributed by atoms with Gasteiger partial charge in [0.1, 0.15) is 11.5 Å². The van der Waals surface area contributed by atoms with Crippen molar-refractivity contribution >= 4 is 46.4 Å². The van der Waals surface area contributed by atoms with E-state index in [0.29, 0.717) is 28.6 Å². The molecule has 0 saturated heterocycles. The summed E-state index contributed by atoms with van der Waals surface area (Å²) in [6, 6.07) is 7.92. The van der Waals surface area contributed by atoms with Gasteiger partial charge in [-0.25, -0.2) is 0 Å². The van der Waals surface area contributed by atoms with Crippen LogP contribution in [0.4, 0.5) is 11.4 Å². The molecule has 2 rings (SSSR count). The van der Waals surface area contributed by atoms with Crippen LogP contribution in [0.5, 0.6) is 11.5 Å². The molecule has 0 unspecified atom stereocenters. The molecule has 0 fully saturated rings. The van der Waals surface area contributed by atoms with Crippen LogP contribution in [0.2, 0.25) is 10.0 Å². The van der Waals surface area contributed by atoms with E-state index in [9.17, 15) is 9.59 Å². The lowest BCUT2D eigenvalue weighted by molar-refractivity contribution is -0.116. The number of carbonyl (C=O) groups is 2. The third kappa shape index (κ3) is 5.53. The minimum atomic E-state index is -0.442. The second kappa shape index (κ2) is 10.2. The first-order valence-electron chi connectivity index (χ1n) is 8.71. The number of hydrogen-bond donors (Lipinski definition) is 2. The molecule has 0 aliphatic carbocycles. The Morgan fingerprint density at radius 1 is 1.04 bits per heavy atom. The lowest BCUT2D eigenvalue weighted by Gasteiger charge is -2.14. The first kappa shape index (κ1) is 21.9. The fourth-order valence-corrected chi connectivity index (χ4v) is 3.13. The minimum Gasteiger partial charge on any atom is -0.494 e. The van der Waals surface area contributed by atoms with Crippen molar-refractivity contribution < 1.29 is 19.1 Å². The summed E-state index contributed by atoms with van der Waals surface area (Å²) in [7, 11) is 2.91. The topological polar surface area (TPSA) is 76.7 Å². The summed E-state index contributed by atoms with van der Waals surface area (Å²) in [5.41, 5.74) is 1.22. The molecule has 0 saturated carbocycles. The van der Waals surface area contributed by atoms with Gasteiger partial charge in [0, 0.05) is 23.2 Å². The second-order valence-electron chi connectivity index (χ2n) is 5.99. The lowest BCUT2D eigenvalue weighted by atomic mass is 10.1. The third-order valence-electron chi connectivity index (χ3n) is 3.95. The Kier molecular flexibility index (Phi) is 7.96. The molecule has 0 atom stereocenters. The maximum absolute atomic E-state index is 12.7. The largest absolute Gasteiger partial charge is 0.494 e. The number of anilines is 2. The maximum Gasteiger partial charge on any atom is 0.259 e. The Morgan fingerprint density at radius 3 is 2.43 bits per heavy atom. The van der Waals surface area contributed by atoms with Gasteiger partial charge in [-0.1, -0.05) is 36.5 Å². The molecule has 2 aromatic carbocycles. The Morgan fingerprint density at radius 2 is 1.79 bits per heavy atom. The molecule has 2 N–H and O–H groups in total. The van der Waals surface area contributed by atoms with Gasteiger partial charge in [0.25, 0.3) is 5.91 Å². The van der Waals surface area contributed by atoms with Crippen molar-refractivity contribution in [2.45, 2.75) is 26.2 Å². The van der Waals surface area contributed by atoms with E-state index < -0.39 is 5.91 Å². The van der Waals surface area contributed by atoms with E-state index in [0.717, 1.165) is 12.8 Å². The van der Waals surface area contributed by atoms with Crippen molar-refractivity contribution in [2.24, 2.45) is 0 Å². The number of methoxy groups -OCH3 is 2. The molecule has 0 spiro atoms. The van der Waals surface area contributed by atoms with E-state index in [-0.39, 0.29) is 22.2 Å². The second-order valence-corrected chi connectivity index (χ2v) is 6.83. The highest BCUT2D eigenvalue weighted by Crippen LogP contribution is 2.33. The number of ether oxygens (including phenoxy) is 2. The summed E-state index contributed by atoms with van der Waals surface area (Å²) in [5, 5.41) is 6.12. The van der Waals surface area contributed by atoms with Gasteiger partial charge in [0.2, 0.25) is 5.91 Å². The zero-order chi connectivity index (χ0) is 20.7.